The van der Waals surface area contributed by atoms with Crippen LogP contribution in [0.15, 0.2) is 36.7 Å². The Morgan fingerprint density at radius 3 is 2.67 bits per heavy atom. The Hall–Kier alpha value is -1.85. The standard InChI is InChI=1S/C16H24N4O/c1-17-12-14-4-6-15(7-5-14)21-11-10-19(2)13-16-18-8-9-20(16)3/h4-9,17H,10-13H2,1-3H3. The van der Waals surface area contributed by atoms with E-state index in [4.69, 9.17) is 4.74 Å². The third-order valence-corrected chi connectivity index (χ3v) is 3.38. The van der Waals surface area contributed by atoms with Crippen LogP contribution in [-0.4, -0.2) is 41.7 Å². The first-order chi connectivity index (χ1) is 10.2. The summed E-state index contributed by atoms with van der Waals surface area (Å²) in [6.45, 7) is 3.25. The number of rotatable bonds is 8. The van der Waals surface area contributed by atoms with Crippen molar-refractivity contribution < 1.29 is 4.74 Å². The van der Waals surface area contributed by atoms with Crippen LogP contribution in [0.1, 0.15) is 11.4 Å². The summed E-state index contributed by atoms with van der Waals surface area (Å²) in [7, 11) is 6.04. The summed E-state index contributed by atoms with van der Waals surface area (Å²) >= 11 is 0. The zero-order valence-electron chi connectivity index (χ0n) is 13.0. The second kappa shape index (κ2) is 7.81. The number of hydrogen-bond acceptors (Lipinski definition) is 4. The molecular formula is C16H24N4O. The Morgan fingerprint density at radius 1 is 1.29 bits per heavy atom. The molecule has 0 aliphatic rings. The van der Waals surface area contributed by atoms with Gasteiger partial charge in [-0.1, -0.05) is 12.1 Å². The first-order valence-electron chi connectivity index (χ1n) is 7.20. The normalized spacial score (nSPS) is 11.0. The number of nitrogens with zero attached hydrogens (tertiary/aromatic N) is 3. The zero-order valence-corrected chi connectivity index (χ0v) is 13.0. The third-order valence-electron chi connectivity index (χ3n) is 3.38. The molecule has 0 spiro atoms. The lowest BCUT2D eigenvalue weighted by atomic mass is 10.2. The first kappa shape index (κ1) is 15.5. The minimum atomic E-state index is 0.673. The Labute approximate surface area is 126 Å². The molecule has 0 bridgehead atoms. The highest BCUT2D eigenvalue weighted by atomic mass is 16.5. The molecule has 1 heterocycles. The minimum Gasteiger partial charge on any atom is -0.492 e. The lowest BCUT2D eigenvalue weighted by molar-refractivity contribution is 0.228. The lowest BCUT2D eigenvalue weighted by Crippen LogP contribution is -2.25. The van der Waals surface area contributed by atoms with Crippen LogP contribution in [0.4, 0.5) is 0 Å². The van der Waals surface area contributed by atoms with E-state index in [2.05, 4.69) is 34.4 Å². The molecule has 2 aromatic rings. The van der Waals surface area contributed by atoms with E-state index >= 15 is 0 Å². The summed E-state index contributed by atoms with van der Waals surface area (Å²) in [5.41, 5.74) is 1.26. The van der Waals surface area contributed by atoms with Crippen molar-refractivity contribution in [1.29, 1.82) is 0 Å². The predicted octanol–water partition coefficient (Wildman–Crippen LogP) is 1.65. The molecule has 1 aromatic carbocycles. The molecule has 2 rings (SSSR count). The average molecular weight is 288 g/mol. The maximum atomic E-state index is 5.77. The van der Waals surface area contributed by atoms with Crippen LogP contribution < -0.4 is 10.1 Å². The van der Waals surface area contributed by atoms with Gasteiger partial charge in [0.2, 0.25) is 0 Å². The number of aryl methyl sites for hydroxylation is 1. The summed E-state index contributed by atoms with van der Waals surface area (Å²) in [4.78, 5) is 6.53. The van der Waals surface area contributed by atoms with Crippen molar-refractivity contribution in [3.05, 3.63) is 48.0 Å². The van der Waals surface area contributed by atoms with Crippen molar-refractivity contribution in [3.63, 3.8) is 0 Å². The molecule has 0 aliphatic heterocycles. The molecule has 0 radical (unpaired) electrons. The molecule has 114 valence electrons. The highest BCUT2D eigenvalue weighted by molar-refractivity contribution is 5.27. The van der Waals surface area contributed by atoms with E-state index in [1.165, 1.54) is 5.56 Å². The monoisotopic (exact) mass is 288 g/mol. The van der Waals surface area contributed by atoms with Crippen LogP contribution in [0.5, 0.6) is 5.75 Å². The van der Waals surface area contributed by atoms with Gasteiger partial charge < -0.3 is 14.6 Å². The number of ether oxygens (including phenoxy) is 1. The van der Waals surface area contributed by atoms with Gasteiger partial charge in [-0.15, -0.1) is 0 Å². The van der Waals surface area contributed by atoms with Gasteiger partial charge in [-0.25, -0.2) is 4.98 Å². The Kier molecular flexibility index (Phi) is 5.78. The van der Waals surface area contributed by atoms with Crippen molar-refractivity contribution >= 4 is 0 Å². The first-order valence-corrected chi connectivity index (χ1v) is 7.20. The molecule has 0 amide bonds. The fraction of sp³-hybridized carbons (Fsp3) is 0.438. The van der Waals surface area contributed by atoms with E-state index in [1.807, 2.05) is 43.2 Å². The molecule has 5 heteroatoms. The molecule has 0 aliphatic carbocycles. The number of likely N-dealkylation sites (N-methyl/N-ethyl adjacent to an activating group) is 1. The van der Waals surface area contributed by atoms with Crippen molar-refractivity contribution in [2.45, 2.75) is 13.1 Å². The van der Waals surface area contributed by atoms with E-state index in [0.717, 1.165) is 31.2 Å². The summed E-state index contributed by atoms with van der Waals surface area (Å²) in [6, 6.07) is 8.21. The molecule has 0 fully saturated rings. The molecule has 0 saturated heterocycles. The van der Waals surface area contributed by atoms with Gasteiger partial charge >= 0.3 is 0 Å². The summed E-state index contributed by atoms with van der Waals surface area (Å²) in [5, 5.41) is 3.13. The van der Waals surface area contributed by atoms with Gasteiger partial charge in [-0.05, 0) is 31.8 Å². The van der Waals surface area contributed by atoms with Crippen molar-refractivity contribution in [1.82, 2.24) is 19.8 Å². The van der Waals surface area contributed by atoms with Crippen LogP contribution >= 0.6 is 0 Å². The Balaban J connectivity index is 1.72. The SMILES string of the molecule is CNCc1ccc(OCCN(C)Cc2nccn2C)cc1. The second-order valence-corrected chi connectivity index (χ2v) is 5.21. The van der Waals surface area contributed by atoms with Gasteiger partial charge in [0.25, 0.3) is 0 Å². The molecular weight excluding hydrogens is 264 g/mol. The second-order valence-electron chi connectivity index (χ2n) is 5.21. The zero-order chi connectivity index (χ0) is 15.1. The van der Waals surface area contributed by atoms with Crippen LogP contribution in [0.25, 0.3) is 0 Å². The molecule has 5 nitrogen and oxygen atoms in total. The van der Waals surface area contributed by atoms with Crippen molar-refractivity contribution in [2.24, 2.45) is 7.05 Å². The van der Waals surface area contributed by atoms with Crippen LogP contribution in [0.2, 0.25) is 0 Å². The van der Waals surface area contributed by atoms with E-state index in [-0.39, 0.29) is 0 Å². The van der Waals surface area contributed by atoms with E-state index in [0.29, 0.717) is 6.61 Å². The van der Waals surface area contributed by atoms with Gasteiger partial charge in [0.05, 0.1) is 6.54 Å². The van der Waals surface area contributed by atoms with Gasteiger partial charge in [0, 0.05) is 32.5 Å². The highest BCUT2D eigenvalue weighted by Crippen LogP contribution is 2.12. The van der Waals surface area contributed by atoms with Gasteiger partial charge in [0.1, 0.15) is 18.2 Å². The van der Waals surface area contributed by atoms with Gasteiger partial charge in [-0.3, -0.25) is 4.90 Å². The molecule has 0 saturated carbocycles. The summed E-state index contributed by atoms with van der Waals surface area (Å²) in [5.74, 6) is 1.98. The fourth-order valence-electron chi connectivity index (χ4n) is 2.10. The number of aromatic nitrogens is 2. The summed E-state index contributed by atoms with van der Waals surface area (Å²) < 4.78 is 7.81. The largest absolute Gasteiger partial charge is 0.492 e. The van der Waals surface area contributed by atoms with Crippen molar-refractivity contribution in [2.75, 3.05) is 27.2 Å². The predicted molar refractivity (Wildman–Crippen MR) is 84.2 cm³/mol. The maximum Gasteiger partial charge on any atom is 0.122 e. The van der Waals surface area contributed by atoms with Gasteiger partial charge in [0.15, 0.2) is 0 Å². The highest BCUT2D eigenvalue weighted by Gasteiger charge is 2.04. The van der Waals surface area contributed by atoms with E-state index < -0.39 is 0 Å². The third kappa shape index (κ3) is 4.88. The number of imidazole rings is 1. The molecule has 0 atom stereocenters. The quantitative estimate of drug-likeness (QED) is 0.802. The lowest BCUT2D eigenvalue weighted by Gasteiger charge is -2.16. The van der Waals surface area contributed by atoms with Crippen molar-refractivity contribution in [3.8, 4) is 5.75 Å². The molecule has 1 N–H and O–H groups in total. The fourth-order valence-corrected chi connectivity index (χ4v) is 2.10. The molecule has 0 unspecified atom stereocenters. The van der Waals surface area contributed by atoms with Crippen LogP contribution in [0.3, 0.4) is 0 Å². The average Bonchev–Trinajstić information content (AvgIpc) is 2.86. The van der Waals surface area contributed by atoms with E-state index in [9.17, 15) is 0 Å². The number of benzene rings is 1. The Bertz CT molecular complexity index is 535. The number of nitrogens with one attached hydrogen (secondary N) is 1. The smallest absolute Gasteiger partial charge is 0.122 e. The maximum absolute atomic E-state index is 5.77. The molecule has 21 heavy (non-hydrogen) atoms. The minimum absolute atomic E-state index is 0.673. The van der Waals surface area contributed by atoms with Gasteiger partial charge in [-0.2, -0.15) is 0 Å². The Morgan fingerprint density at radius 2 is 2.05 bits per heavy atom. The topological polar surface area (TPSA) is 42.3 Å². The van der Waals surface area contributed by atoms with Crippen LogP contribution in [-0.2, 0) is 20.1 Å². The molecule has 1 aromatic heterocycles. The van der Waals surface area contributed by atoms with Crippen LogP contribution in [0, 0.1) is 0 Å². The summed E-state index contributed by atoms with van der Waals surface area (Å²) in [6.07, 6.45) is 3.79. The number of hydrogen-bond donors (Lipinski definition) is 1. The van der Waals surface area contributed by atoms with E-state index in [1.54, 1.807) is 0 Å².